The van der Waals surface area contributed by atoms with Crippen molar-refractivity contribution in [2.24, 2.45) is 0 Å². The van der Waals surface area contributed by atoms with Crippen molar-refractivity contribution in [1.82, 2.24) is 0 Å². The predicted molar refractivity (Wildman–Crippen MR) is 67.3 cm³/mol. The first-order valence-electron chi connectivity index (χ1n) is 5.77. The third-order valence-corrected chi connectivity index (χ3v) is 3.72. The number of ether oxygens (including phenoxy) is 1. The number of hydrogen-bond acceptors (Lipinski definition) is 4. The average Bonchev–Trinajstić information content (AvgIpc) is 2.32. The Morgan fingerprint density at radius 3 is 2.33 bits per heavy atom. The van der Waals surface area contributed by atoms with Gasteiger partial charge in [-0.15, -0.1) is 0 Å². The molecule has 0 heterocycles. The summed E-state index contributed by atoms with van der Waals surface area (Å²) in [4.78, 5) is 10.8. The number of hydrogen-bond donors (Lipinski definition) is 1. The Balaban J connectivity index is 3.28. The quantitative estimate of drug-likeness (QED) is 0.899. The van der Waals surface area contributed by atoms with Gasteiger partial charge in [0.05, 0.1) is 4.90 Å². The van der Waals surface area contributed by atoms with Gasteiger partial charge < -0.3 is 9.84 Å². The third-order valence-electron chi connectivity index (χ3n) is 2.61. The van der Waals surface area contributed by atoms with E-state index in [1.54, 1.807) is 0 Å². The van der Waals surface area contributed by atoms with Crippen molar-refractivity contribution in [3.63, 3.8) is 0 Å². The molecular weight excluding hydrogens is 313 g/mol. The second kappa shape index (κ2) is 5.92. The van der Waals surface area contributed by atoms with Crippen molar-refractivity contribution in [1.29, 1.82) is 0 Å². The first kappa shape index (κ1) is 17.3. The number of sulfone groups is 1. The zero-order chi connectivity index (χ0) is 16.4. The minimum absolute atomic E-state index is 0.313. The number of rotatable bonds is 5. The lowest BCUT2D eigenvalue weighted by molar-refractivity contribution is -0.195. The summed E-state index contributed by atoms with van der Waals surface area (Å²) in [6.07, 6.45) is -6.37. The highest BCUT2D eigenvalue weighted by Gasteiger charge is 2.41. The zero-order valence-corrected chi connectivity index (χ0v) is 12.0. The lowest BCUT2D eigenvalue weighted by Crippen LogP contribution is -2.34. The van der Waals surface area contributed by atoms with Crippen LogP contribution in [0.15, 0.2) is 23.1 Å². The first-order valence-corrected chi connectivity index (χ1v) is 7.66. The molecule has 0 spiro atoms. The molecule has 0 fully saturated rings. The Kier molecular flexibility index (Phi) is 4.87. The van der Waals surface area contributed by atoms with E-state index in [0.717, 1.165) is 24.5 Å². The lowest BCUT2D eigenvalue weighted by atomic mass is 10.2. The molecule has 0 bridgehead atoms. The summed E-state index contributed by atoms with van der Waals surface area (Å²) in [5.74, 6) is -2.10. The van der Waals surface area contributed by atoms with Gasteiger partial charge in [-0.2, -0.15) is 13.2 Å². The molecule has 0 saturated heterocycles. The van der Waals surface area contributed by atoms with Gasteiger partial charge in [0.25, 0.3) is 0 Å². The molecule has 0 aromatic heterocycles. The van der Waals surface area contributed by atoms with E-state index in [4.69, 9.17) is 5.11 Å². The van der Waals surface area contributed by atoms with E-state index in [9.17, 15) is 26.4 Å². The molecule has 21 heavy (non-hydrogen) atoms. The van der Waals surface area contributed by atoms with Gasteiger partial charge in [0.15, 0.2) is 15.9 Å². The van der Waals surface area contributed by atoms with Gasteiger partial charge in [-0.1, -0.05) is 6.92 Å². The van der Waals surface area contributed by atoms with Crippen LogP contribution in [0, 0.1) is 0 Å². The number of halogens is 3. The highest BCUT2D eigenvalue weighted by molar-refractivity contribution is 7.90. The molecule has 0 radical (unpaired) electrons. The van der Waals surface area contributed by atoms with Crippen molar-refractivity contribution >= 4 is 15.8 Å². The molecule has 1 unspecified atom stereocenters. The van der Waals surface area contributed by atoms with Crippen LogP contribution in [0.1, 0.15) is 23.7 Å². The van der Waals surface area contributed by atoms with Gasteiger partial charge >= 0.3 is 12.1 Å². The van der Waals surface area contributed by atoms with Crippen molar-refractivity contribution in [2.45, 2.75) is 30.5 Å². The van der Waals surface area contributed by atoms with Gasteiger partial charge in [-0.25, -0.2) is 13.2 Å². The molecule has 0 aliphatic carbocycles. The largest absolute Gasteiger partial charge is 0.480 e. The summed E-state index contributed by atoms with van der Waals surface area (Å²) in [5, 5.41) is 8.99. The highest BCUT2D eigenvalue weighted by atomic mass is 32.2. The molecule has 5 nitrogen and oxygen atoms in total. The molecular formula is C12H13F3O5S. The summed E-state index contributed by atoms with van der Waals surface area (Å²) >= 11 is 0. The molecule has 0 aliphatic heterocycles. The van der Waals surface area contributed by atoms with E-state index >= 15 is 0 Å². The molecule has 9 heteroatoms. The van der Waals surface area contributed by atoms with Crippen LogP contribution in [0.25, 0.3) is 0 Å². The monoisotopic (exact) mass is 326 g/mol. The summed E-state index contributed by atoms with van der Waals surface area (Å²) in [5.41, 5.74) is -0.638. The molecule has 0 amide bonds. The summed E-state index contributed by atoms with van der Waals surface area (Å²) < 4.78 is 65.3. The predicted octanol–water partition coefficient (Wildman–Crippen LogP) is 2.51. The van der Waals surface area contributed by atoms with Gasteiger partial charge in [-0.05, 0) is 24.6 Å². The maximum Gasteiger partial charge on any atom is 0.425 e. The van der Waals surface area contributed by atoms with Crippen molar-refractivity contribution in [3.05, 3.63) is 23.8 Å². The number of alkyl halides is 3. The van der Waals surface area contributed by atoms with Crippen molar-refractivity contribution in [3.8, 4) is 5.75 Å². The van der Waals surface area contributed by atoms with E-state index in [1.165, 1.54) is 6.92 Å². The smallest absolute Gasteiger partial charge is 0.425 e. The standard InChI is InChI=1S/C12H13F3O5S/c1-3-10(12(13,14)15)20-9-5-4-7(21(2,18)19)6-8(9)11(16)17/h4-6,10H,3H2,1-2H3,(H,16,17). The molecule has 1 aromatic rings. The fourth-order valence-corrected chi connectivity index (χ4v) is 2.19. The third kappa shape index (κ3) is 4.35. The highest BCUT2D eigenvalue weighted by Crippen LogP contribution is 2.30. The van der Waals surface area contributed by atoms with E-state index in [-0.39, 0.29) is 4.90 Å². The van der Waals surface area contributed by atoms with Crippen LogP contribution in [-0.4, -0.2) is 38.0 Å². The van der Waals surface area contributed by atoms with Crippen LogP contribution in [0.5, 0.6) is 5.75 Å². The summed E-state index contributed by atoms with van der Waals surface area (Å²) in [6, 6.07) is 2.69. The topological polar surface area (TPSA) is 80.7 Å². The summed E-state index contributed by atoms with van der Waals surface area (Å²) in [7, 11) is -3.68. The number of carboxylic acids is 1. The normalized spacial score (nSPS) is 13.8. The second-order valence-electron chi connectivity index (χ2n) is 4.29. The van der Waals surface area contributed by atoms with Crippen LogP contribution >= 0.6 is 0 Å². The molecule has 1 atom stereocenters. The van der Waals surface area contributed by atoms with E-state index < -0.39 is 45.8 Å². The van der Waals surface area contributed by atoms with Crippen LogP contribution in [0.3, 0.4) is 0 Å². The molecule has 0 saturated carbocycles. The SMILES string of the molecule is CCC(Oc1ccc(S(C)(=O)=O)cc1C(=O)O)C(F)(F)F. The molecule has 118 valence electrons. The molecule has 1 N–H and O–H groups in total. The maximum atomic E-state index is 12.6. The van der Waals surface area contributed by atoms with Crippen LogP contribution in [-0.2, 0) is 9.84 Å². The Morgan fingerprint density at radius 2 is 1.95 bits per heavy atom. The van der Waals surface area contributed by atoms with E-state index in [2.05, 4.69) is 4.74 Å². The number of benzene rings is 1. The van der Waals surface area contributed by atoms with Crippen molar-refractivity contribution in [2.75, 3.05) is 6.26 Å². The Morgan fingerprint density at radius 1 is 1.38 bits per heavy atom. The fraction of sp³-hybridized carbons (Fsp3) is 0.417. The minimum atomic E-state index is -4.65. The average molecular weight is 326 g/mol. The van der Waals surface area contributed by atoms with Gasteiger partial charge in [0, 0.05) is 6.26 Å². The Labute approximate surface area is 119 Å². The fourth-order valence-electron chi connectivity index (χ4n) is 1.54. The number of aromatic carboxylic acids is 1. The van der Waals surface area contributed by atoms with Crippen LogP contribution < -0.4 is 4.74 Å². The van der Waals surface area contributed by atoms with Crippen LogP contribution in [0.2, 0.25) is 0 Å². The van der Waals surface area contributed by atoms with E-state index in [1.807, 2.05) is 0 Å². The molecule has 1 aromatic carbocycles. The van der Waals surface area contributed by atoms with Crippen molar-refractivity contribution < 1.29 is 36.2 Å². The Bertz CT molecular complexity index is 637. The van der Waals surface area contributed by atoms with Gasteiger partial charge in [0.2, 0.25) is 0 Å². The van der Waals surface area contributed by atoms with Crippen LogP contribution in [0.4, 0.5) is 13.2 Å². The molecule has 0 aliphatic rings. The zero-order valence-electron chi connectivity index (χ0n) is 11.1. The minimum Gasteiger partial charge on any atom is -0.480 e. The number of carbonyl (C=O) groups is 1. The maximum absolute atomic E-state index is 12.6. The van der Waals surface area contributed by atoms with E-state index in [0.29, 0.717) is 0 Å². The number of carboxylic acid groups (broad SMARTS) is 1. The van der Waals surface area contributed by atoms with Gasteiger partial charge in [0.1, 0.15) is 11.3 Å². The Hall–Kier alpha value is -1.77. The first-order chi connectivity index (χ1) is 9.46. The van der Waals surface area contributed by atoms with Gasteiger partial charge in [-0.3, -0.25) is 0 Å². The molecule has 1 rings (SSSR count). The summed E-state index contributed by atoms with van der Waals surface area (Å²) in [6.45, 7) is 1.24. The lowest BCUT2D eigenvalue weighted by Gasteiger charge is -2.21. The second-order valence-corrected chi connectivity index (χ2v) is 6.31.